The molecule has 0 bridgehead atoms. The molecule has 1 aliphatic heterocycles. The number of likely N-dealkylation sites (N-methyl/N-ethyl adjacent to an activating group) is 1. The molecule has 2 aromatic rings. The first-order valence-electron chi connectivity index (χ1n) is 10.3. The highest BCUT2D eigenvalue weighted by atomic mass is 16.5. The highest BCUT2D eigenvalue weighted by molar-refractivity contribution is 5.96. The number of rotatable bonds is 7. The Kier molecular flexibility index (Phi) is 7.28. The molecule has 1 aliphatic rings. The highest BCUT2D eigenvalue weighted by Crippen LogP contribution is 2.23. The van der Waals surface area contributed by atoms with Crippen LogP contribution in [0.4, 0.5) is 0 Å². The van der Waals surface area contributed by atoms with Crippen LogP contribution in [0.15, 0.2) is 54.6 Å². The minimum atomic E-state index is -0.117. The predicted octanol–water partition coefficient (Wildman–Crippen LogP) is 3.64. The molecule has 0 unspecified atom stereocenters. The van der Waals surface area contributed by atoms with E-state index in [1.165, 1.54) is 10.5 Å². The molecular weight excluding hydrogens is 364 g/mol. The largest absolute Gasteiger partial charge is 0.497 e. The van der Waals surface area contributed by atoms with Gasteiger partial charge in [-0.25, -0.2) is 0 Å². The van der Waals surface area contributed by atoms with E-state index in [9.17, 15) is 9.59 Å². The number of hydrogen-bond donors (Lipinski definition) is 0. The average Bonchev–Trinajstić information content (AvgIpc) is 2.78. The van der Waals surface area contributed by atoms with Crippen molar-refractivity contribution in [1.29, 1.82) is 0 Å². The summed E-state index contributed by atoms with van der Waals surface area (Å²) < 4.78 is 5.20. The Balaban J connectivity index is 1.41. The fourth-order valence-electron chi connectivity index (χ4n) is 3.81. The third-order valence-corrected chi connectivity index (χ3v) is 5.71. The first kappa shape index (κ1) is 20.9. The van der Waals surface area contributed by atoms with Gasteiger partial charge >= 0.3 is 0 Å². The van der Waals surface area contributed by atoms with Crippen molar-refractivity contribution in [3.8, 4) is 5.75 Å². The summed E-state index contributed by atoms with van der Waals surface area (Å²) in [6.45, 7) is 1.68. The van der Waals surface area contributed by atoms with Crippen LogP contribution in [0.25, 0.3) is 0 Å². The Morgan fingerprint density at radius 2 is 1.69 bits per heavy atom. The van der Waals surface area contributed by atoms with Crippen LogP contribution in [0.5, 0.6) is 5.75 Å². The van der Waals surface area contributed by atoms with Gasteiger partial charge < -0.3 is 14.5 Å². The molecule has 0 N–H and O–H groups in total. The number of piperidine rings is 1. The average molecular weight is 395 g/mol. The summed E-state index contributed by atoms with van der Waals surface area (Å²) in [7, 11) is 3.37. The van der Waals surface area contributed by atoms with Gasteiger partial charge in [-0.1, -0.05) is 30.3 Å². The summed E-state index contributed by atoms with van der Waals surface area (Å²) in [5, 5.41) is 0. The number of hydrogen-bond acceptors (Lipinski definition) is 3. The van der Waals surface area contributed by atoms with Crippen LogP contribution in [0.1, 0.15) is 35.2 Å². The van der Waals surface area contributed by atoms with E-state index in [1.54, 1.807) is 26.3 Å². The minimum absolute atomic E-state index is 0.0328. The maximum absolute atomic E-state index is 12.6. The normalized spacial score (nSPS) is 14.5. The van der Waals surface area contributed by atoms with Gasteiger partial charge in [0.1, 0.15) is 5.75 Å². The molecule has 1 fully saturated rings. The number of carbonyl (C=O) groups excluding carboxylic acids is 2. The SMILES string of the molecule is COc1ccc(CCC2CCN(C(=O)CN(C)C(=O)c3ccccc3)CC2)cc1. The van der Waals surface area contributed by atoms with E-state index >= 15 is 0 Å². The molecular formula is C24H30N2O3. The number of methoxy groups -OCH3 is 1. The lowest BCUT2D eigenvalue weighted by Crippen LogP contribution is -2.44. The van der Waals surface area contributed by atoms with Crippen LogP contribution in [0.3, 0.4) is 0 Å². The van der Waals surface area contributed by atoms with Gasteiger partial charge in [0.2, 0.25) is 5.91 Å². The summed E-state index contributed by atoms with van der Waals surface area (Å²) in [5.41, 5.74) is 1.94. The molecule has 3 rings (SSSR count). The molecule has 29 heavy (non-hydrogen) atoms. The molecule has 0 saturated carbocycles. The number of aryl methyl sites for hydroxylation is 1. The van der Waals surface area contributed by atoms with Gasteiger partial charge in [-0.2, -0.15) is 0 Å². The van der Waals surface area contributed by atoms with Crippen LogP contribution < -0.4 is 4.74 Å². The second-order valence-corrected chi connectivity index (χ2v) is 7.74. The fraction of sp³-hybridized carbons (Fsp3) is 0.417. The first-order chi connectivity index (χ1) is 14.1. The lowest BCUT2D eigenvalue weighted by atomic mass is 9.90. The summed E-state index contributed by atoms with van der Waals surface area (Å²) in [6.07, 6.45) is 4.24. The summed E-state index contributed by atoms with van der Waals surface area (Å²) in [5.74, 6) is 1.44. The molecule has 5 heteroatoms. The standard InChI is InChI=1S/C24H30N2O3/c1-25(24(28)21-6-4-3-5-7-21)18-23(27)26-16-14-20(15-17-26)9-8-19-10-12-22(29-2)13-11-19/h3-7,10-13,20H,8-9,14-18H2,1-2H3. The number of amides is 2. The fourth-order valence-corrected chi connectivity index (χ4v) is 3.81. The van der Waals surface area contributed by atoms with Crippen molar-refractivity contribution in [3.05, 3.63) is 65.7 Å². The quantitative estimate of drug-likeness (QED) is 0.720. The van der Waals surface area contributed by atoms with Crippen molar-refractivity contribution in [2.75, 3.05) is 33.8 Å². The molecule has 0 radical (unpaired) electrons. The van der Waals surface area contributed by atoms with E-state index in [0.29, 0.717) is 11.5 Å². The van der Waals surface area contributed by atoms with E-state index in [1.807, 2.05) is 35.2 Å². The maximum Gasteiger partial charge on any atom is 0.254 e. The van der Waals surface area contributed by atoms with Gasteiger partial charge in [0, 0.05) is 25.7 Å². The highest BCUT2D eigenvalue weighted by Gasteiger charge is 2.24. The van der Waals surface area contributed by atoms with Crippen molar-refractivity contribution in [2.24, 2.45) is 5.92 Å². The van der Waals surface area contributed by atoms with Gasteiger partial charge in [-0.3, -0.25) is 9.59 Å². The second-order valence-electron chi connectivity index (χ2n) is 7.74. The molecule has 154 valence electrons. The van der Waals surface area contributed by atoms with E-state index in [4.69, 9.17) is 4.74 Å². The van der Waals surface area contributed by atoms with E-state index in [2.05, 4.69) is 12.1 Å². The monoisotopic (exact) mass is 394 g/mol. The van der Waals surface area contributed by atoms with Crippen LogP contribution >= 0.6 is 0 Å². The van der Waals surface area contributed by atoms with Crippen LogP contribution in [0.2, 0.25) is 0 Å². The van der Waals surface area contributed by atoms with Gasteiger partial charge in [-0.15, -0.1) is 0 Å². The third kappa shape index (κ3) is 5.83. The van der Waals surface area contributed by atoms with Crippen molar-refractivity contribution >= 4 is 11.8 Å². The zero-order valence-electron chi connectivity index (χ0n) is 17.3. The molecule has 0 atom stereocenters. The van der Waals surface area contributed by atoms with E-state index < -0.39 is 0 Å². The number of carbonyl (C=O) groups is 2. The molecule has 0 aromatic heterocycles. The molecule has 0 spiro atoms. The van der Waals surface area contributed by atoms with Gasteiger partial charge in [0.05, 0.1) is 13.7 Å². The van der Waals surface area contributed by atoms with Crippen molar-refractivity contribution in [2.45, 2.75) is 25.7 Å². The van der Waals surface area contributed by atoms with E-state index in [-0.39, 0.29) is 18.4 Å². The number of ether oxygens (including phenoxy) is 1. The van der Waals surface area contributed by atoms with E-state index in [0.717, 1.165) is 44.5 Å². The number of likely N-dealkylation sites (tertiary alicyclic amines) is 1. The molecule has 0 aliphatic carbocycles. The predicted molar refractivity (Wildman–Crippen MR) is 114 cm³/mol. The van der Waals surface area contributed by atoms with Gasteiger partial charge in [0.15, 0.2) is 0 Å². The summed E-state index contributed by atoms with van der Waals surface area (Å²) in [4.78, 5) is 28.4. The summed E-state index contributed by atoms with van der Waals surface area (Å²) >= 11 is 0. The third-order valence-electron chi connectivity index (χ3n) is 5.71. The zero-order chi connectivity index (χ0) is 20.6. The lowest BCUT2D eigenvalue weighted by molar-refractivity contribution is -0.133. The van der Waals surface area contributed by atoms with Crippen molar-refractivity contribution in [1.82, 2.24) is 9.80 Å². The number of benzene rings is 2. The Labute approximate surface area is 173 Å². The minimum Gasteiger partial charge on any atom is -0.497 e. The Morgan fingerprint density at radius 1 is 1.03 bits per heavy atom. The van der Waals surface area contributed by atoms with Crippen LogP contribution in [-0.2, 0) is 11.2 Å². The van der Waals surface area contributed by atoms with Gasteiger partial charge in [0.25, 0.3) is 5.91 Å². The lowest BCUT2D eigenvalue weighted by Gasteiger charge is -2.33. The molecule has 1 saturated heterocycles. The molecule has 2 aromatic carbocycles. The van der Waals surface area contributed by atoms with Gasteiger partial charge in [-0.05, 0) is 61.4 Å². The van der Waals surface area contributed by atoms with Crippen molar-refractivity contribution < 1.29 is 14.3 Å². The summed E-state index contributed by atoms with van der Waals surface area (Å²) in [6, 6.07) is 17.3. The number of nitrogens with zero attached hydrogens (tertiary/aromatic N) is 2. The van der Waals surface area contributed by atoms with Crippen molar-refractivity contribution in [3.63, 3.8) is 0 Å². The Bertz CT molecular complexity index is 797. The van der Waals surface area contributed by atoms with Crippen LogP contribution in [-0.4, -0.2) is 55.4 Å². The topological polar surface area (TPSA) is 49.9 Å². The zero-order valence-corrected chi connectivity index (χ0v) is 17.3. The smallest absolute Gasteiger partial charge is 0.254 e. The maximum atomic E-state index is 12.6. The molecule has 1 heterocycles. The molecule has 5 nitrogen and oxygen atoms in total. The molecule has 2 amide bonds. The second kappa shape index (κ2) is 10.1. The Morgan fingerprint density at radius 3 is 2.31 bits per heavy atom. The van der Waals surface area contributed by atoms with Crippen LogP contribution in [0, 0.1) is 5.92 Å². The Hall–Kier alpha value is -2.82. The first-order valence-corrected chi connectivity index (χ1v) is 10.3.